The number of ether oxygens (including phenoxy) is 2. The van der Waals surface area contributed by atoms with Crippen molar-refractivity contribution in [2.75, 3.05) is 55.8 Å². The van der Waals surface area contributed by atoms with E-state index in [2.05, 4.69) is 18.8 Å². The zero-order chi connectivity index (χ0) is 24.8. The topological polar surface area (TPSA) is 76.2 Å². The van der Waals surface area contributed by atoms with Crippen molar-refractivity contribution in [1.29, 1.82) is 0 Å². The maximum Gasteiger partial charge on any atom is 0.326 e. The van der Waals surface area contributed by atoms with Crippen LogP contribution in [0.3, 0.4) is 0 Å². The van der Waals surface area contributed by atoms with Gasteiger partial charge in [-0.05, 0) is 64.2 Å². The van der Waals surface area contributed by atoms with Crippen LogP contribution in [0.1, 0.15) is 33.6 Å². The number of nitrogens with zero attached hydrogens (tertiary/aromatic N) is 2. The van der Waals surface area contributed by atoms with Crippen LogP contribution in [0, 0.1) is 5.92 Å². The molecule has 9 heteroatoms. The lowest BCUT2D eigenvalue weighted by Crippen LogP contribution is -2.49. The summed E-state index contributed by atoms with van der Waals surface area (Å²) in [5.41, 5.74) is 0.00636. The van der Waals surface area contributed by atoms with Gasteiger partial charge in [0.2, 0.25) is 11.8 Å². The van der Waals surface area contributed by atoms with Crippen molar-refractivity contribution in [3.63, 3.8) is 0 Å². The molecule has 0 saturated carbocycles. The number of carbonyl (C=O) groups is 3. The van der Waals surface area contributed by atoms with E-state index in [9.17, 15) is 14.4 Å². The fourth-order valence-corrected chi connectivity index (χ4v) is 4.20. The first-order valence-corrected chi connectivity index (χ1v) is 14.5. The standard InChI is InChI=1S/C24H37ClN2O5S/c1-24(2,3)32-22(29)16-26-15-18(10-11-21(26)28)23(30)27(17-31-12-13-33(4,5)6)20-9-7-8-19(25)14-20/h7-9,14,18H,10-13,15-17H2,1-6H3. The van der Waals surface area contributed by atoms with Crippen molar-refractivity contribution in [3.8, 4) is 0 Å². The molecule has 33 heavy (non-hydrogen) atoms. The summed E-state index contributed by atoms with van der Waals surface area (Å²) < 4.78 is 11.2. The second-order valence-electron chi connectivity index (χ2n) is 10.2. The van der Waals surface area contributed by atoms with Crippen molar-refractivity contribution in [3.05, 3.63) is 29.3 Å². The first-order chi connectivity index (χ1) is 15.2. The first-order valence-electron chi connectivity index (χ1n) is 11.1. The number of hydrogen-bond donors (Lipinski definition) is 0. The van der Waals surface area contributed by atoms with E-state index in [1.807, 2.05) is 6.07 Å². The molecule has 0 bridgehead atoms. The van der Waals surface area contributed by atoms with Gasteiger partial charge in [-0.25, -0.2) is 10.0 Å². The van der Waals surface area contributed by atoms with Gasteiger partial charge < -0.3 is 14.4 Å². The molecule has 1 aliphatic heterocycles. The van der Waals surface area contributed by atoms with Gasteiger partial charge in [-0.2, -0.15) is 0 Å². The summed E-state index contributed by atoms with van der Waals surface area (Å²) in [7, 11) is -0.710. The monoisotopic (exact) mass is 500 g/mol. The third-order valence-electron chi connectivity index (χ3n) is 5.04. The summed E-state index contributed by atoms with van der Waals surface area (Å²) in [4.78, 5) is 41.2. The minimum Gasteiger partial charge on any atom is -0.459 e. The van der Waals surface area contributed by atoms with Gasteiger partial charge >= 0.3 is 5.97 Å². The van der Waals surface area contributed by atoms with E-state index in [4.69, 9.17) is 21.1 Å². The molecule has 0 aromatic heterocycles. The second kappa shape index (κ2) is 11.6. The Hall–Kier alpha value is -1.77. The van der Waals surface area contributed by atoms with Crippen molar-refractivity contribution in [2.45, 2.75) is 39.2 Å². The van der Waals surface area contributed by atoms with Crippen molar-refractivity contribution >= 4 is 45.1 Å². The molecule has 1 aliphatic rings. The van der Waals surface area contributed by atoms with E-state index in [0.29, 0.717) is 23.7 Å². The number of amides is 2. The predicted molar refractivity (Wildman–Crippen MR) is 135 cm³/mol. The summed E-state index contributed by atoms with van der Waals surface area (Å²) in [6, 6.07) is 7.08. The van der Waals surface area contributed by atoms with Crippen LogP contribution in [0.25, 0.3) is 0 Å². The van der Waals surface area contributed by atoms with E-state index in [1.165, 1.54) is 4.90 Å². The van der Waals surface area contributed by atoms with Gasteiger partial charge in [0.1, 0.15) is 18.9 Å². The highest BCUT2D eigenvalue weighted by Crippen LogP contribution is 2.33. The molecule has 1 unspecified atom stereocenters. The highest BCUT2D eigenvalue weighted by atomic mass is 35.5. The fraction of sp³-hybridized carbons (Fsp3) is 0.625. The molecule has 0 radical (unpaired) electrons. The molecule has 2 rings (SSSR count). The van der Waals surface area contributed by atoms with Gasteiger partial charge in [-0.15, -0.1) is 0 Å². The highest BCUT2D eigenvalue weighted by Gasteiger charge is 2.35. The lowest BCUT2D eigenvalue weighted by atomic mass is 9.95. The van der Waals surface area contributed by atoms with Crippen molar-refractivity contribution < 1.29 is 23.9 Å². The molecule has 1 atom stereocenters. The second-order valence-corrected chi connectivity index (χ2v) is 15.2. The van der Waals surface area contributed by atoms with Crippen LogP contribution in [0.4, 0.5) is 5.69 Å². The maximum atomic E-state index is 13.5. The molecule has 2 amide bonds. The number of hydrogen-bond acceptors (Lipinski definition) is 5. The number of benzene rings is 1. The zero-order valence-corrected chi connectivity index (χ0v) is 22.1. The Bertz CT molecular complexity index is 850. The quantitative estimate of drug-likeness (QED) is 0.292. The lowest BCUT2D eigenvalue weighted by molar-refractivity contribution is -0.160. The molecular weight excluding hydrogens is 464 g/mol. The third kappa shape index (κ3) is 9.55. The summed E-state index contributed by atoms with van der Waals surface area (Å²) in [6.45, 7) is 5.99. The Morgan fingerprint density at radius 1 is 1.24 bits per heavy atom. The maximum absolute atomic E-state index is 13.5. The Morgan fingerprint density at radius 2 is 1.94 bits per heavy atom. The zero-order valence-electron chi connectivity index (χ0n) is 20.6. The number of likely N-dealkylation sites (tertiary alicyclic amines) is 1. The number of rotatable bonds is 9. The molecule has 1 saturated heterocycles. The molecule has 0 spiro atoms. The first kappa shape index (κ1) is 27.5. The Balaban J connectivity index is 2.11. The van der Waals surface area contributed by atoms with E-state index in [1.54, 1.807) is 43.9 Å². The molecule has 1 aromatic carbocycles. The largest absolute Gasteiger partial charge is 0.459 e. The van der Waals surface area contributed by atoms with Gasteiger partial charge in [-0.3, -0.25) is 19.3 Å². The smallest absolute Gasteiger partial charge is 0.326 e. The van der Waals surface area contributed by atoms with Gasteiger partial charge in [0, 0.05) is 29.4 Å². The molecule has 7 nitrogen and oxygen atoms in total. The number of piperidine rings is 1. The SMILES string of the molecule is CC(C)(C)OC(=O)CN1CC(C(=O)N(COCCS(C)(C)C)c2cccc(Cl)c2)CCC1=O. The summed E-state index contributed by atoms with van der Waals surface area (Å²) >= 11 is 6.17. The van der Waals surface area contributed by atoms with Crippen LogP contribution in [0.15, 0.2) is 24.3 Å². The minimum atomic E-state index is -0.710. The van der Waals surface area contributed by atoms with Crippen LogP contribution < -0.4 is 4.90 Å². The van der Waals surface area contributed by atoms with Crippen LogP contribution in [0.5, 0.6) is 0 Å². The van der Waals surface area contributed by atoms with E-state index in [0.717, 1.165) is 5.75 Å². The molecule has 0 N–H and O–H groups in total. The van der Waals surface area contributed by atoms with Gasteiger partial charge in [-0.1, -0.05) is 17.7 Å². The van der Waals surface area contributed by atoms with E-state index >= 15 is 0 Å². The number of carbonyl (C=O) groups excluding carboxylic acids is 3. The normalized spacial score (nSPS) is 17.6. The lowest BCUT2D eigenvalue weighted by Gasteiger charge is -2.35. The summed E-state index contributed by atoms with van der Waals surface area (Å²) in [5.74, 6) is -0.290. The molecule has 1 fully saturated rings. The van der Waals surface area contributed by atoms with Crippen LogP contribution in [-0.4, -0.2) is 79.2 Å². The molecule has 0 aliphatic carbocycles. The Labute approximate surface area is 204 Å². The van der Waals surface area contributed by atoms with Crippen molar-refractivity contribution in [2.24, 2.45) is 5.92 Å². The van der Waals surface area contributed by atoms with E-state index < -0.39 is 27.5 Å². The van der Waals surface area contributed by atoms with Crippen LogP contribution in [0.2, 0.25) is 5.02 Å². The number of halogens is 1. The van der Waals surface area contributed by atoms with Gasteiger partial charge in [0.15, 0.2) is 0 Å². The summed E-state index contributed by atoms with van der Waals surface area (Å²) in [5, 5.41) is 0.523. The third-order valence-corrected chi connectivity index (χ3v) is 6.66. The Morgan fingerprint density at radius 3 is 2.55 bits per heavy atom. The predicted octanol–water partition coefficient (Wildman–Crippen LogP) is 3.92. The van der Waals surface area contributed by atoms with Gasteiger partial charge in [0.05, 0.1) is 12.5 Å². The Kier molecular flexibility index (Phi) is 9.64. The fourth-order valence-electron chi connectivity index (χ4n) is 3.39. The highest BCUT2D eigenvalue weighted by molar-refractivity contribution is 8.32. The number of anilines is 1. The summed E-state index contributed by atoms with van der Waals surface area (Å²) in [6.07, 6.45) is 7.28. The molecule has 186 valence electrons. The molecular formula is C24H37ClN2O5S. The minimum absolute atomic E-state index is 0.102. The van der Waals surface area contributed by atoms with Crippen molar-refractivity contribution in [1.82, 2.24) is 4.90 Å². The number of esters is 1. The van der Waals surface area contributed by atoms with Gasteiger partial charge in [0.25, 0.3) is 0 Å². The van der Waals surface area contributed by atoms with Crippen LogP contribution >= 0.6 is 21.6 Å². The molecule has 1 aromatic rings. The molecule has 1 heterocycles. The average Bonchev–Trinajstić information content (AvgIpc) is 2.67. The average molecular weight is 501 g/mol. The van der Waals surface area contributed by atoms with Crippen LogP contribution in [-0.2, 0) is 23.9 Å². The van der Waals surface area contributed by atoms with E-state index in [-0.39, 0.29) is 38.1 Å².